The van der Waals surface area contributed by atoms with E-state index in [9.17, 15) is 22.4 Å². The topological polar surface area (TPSA) is 45.2 Å². The lowest BCUT2D eigenvalue weighted by molar-refractivity contribution is -0.138. The maximum atomic E-state index is 15.1. The summed E-state index contributed by atoms with van der Waals surface area (Å²) in [5.74, 6) is -0.733. The largest absolute Gasteiger partial charge is 0.416 e. The van der Waals surface area contributed by atoms with Crippen molar-refractivity contribution in [1.82, 2.24) is 9.88 Å². The van der Waals surface area contributed by atoms with Gasteiger partial charge >= 0.3 is 12.2 Å². The first-order chi connectivity index (χ1) is 13.1. The standard InChI is InChI=1S/C19H18F5N3O/c1-12-11-13(4-5-14(12)19(22,23)24)26-17(28)27-9-6-18(21,7-10-27)16-15(20)3-2-8-25-16/h2-5,8,11H,6-7,9-10H2,1H3,(H,26,28). The van der Waals surface area contributed by atoms with Gasteiger partial charge in [0.05, 0.1) is 5.56 Å². The minimum atomic E-state index is -4.47. The monoisotopic (exact) mass is 399 g/mol. The lowest BCUT2D eigenvalue weighted by Crippen LogP contribution is -2.45. The molecule has 4 nitrogen and oxygen atoms in total. The molecule has 0 bridgehead atoms. The molecular formula is C19H18F5N3O. The van der Waals surface area contributed by atoms with Crippen LogP contribution in [0.3, 0.4) is 0 Å². The van der Waals surface area contributed by atoms with Gasteiger partial charge in [0.2, 0.25) is 0 Å². The van der Waals surface area contributed by atoms with Gasteiger partial charge in [-0.3, -0.25) is 4.98 Å². The number of amides is 2. The lowest BCUT2D eigenvalue weighted by atomic mass is 9.89. The van der Waals surface area contributed by atoms with Gasteiger partial charge < -0.3 is 10.2 Å². The molecular weight excluding hydrogens is 381 g/mol. The highest BCUT2D eigenvalue weighted by Crippen LogP contribution is 2.37. The van der Waals surface area contributed by atoms with Gasteiger partial charge in [0.15, 0.2) is 5.67 Å². The molecule has 0 spiro atoms. The number of aromatic nitrogens is 1. The first-order valence-electron chi connectivity index (χ1n) is 8.64. The smallest absolute Gasteiger partial charge is 0.324 e. The summed E-state index contributed by atoms with van der Waals surface area (Å²) in [6, 6.07) is 5.25. The van der Waals surface area contributed by atoms with E-state index in [1.54, 1.807) is 0 Å². The van der Waals surface area contributed by atoms with Gasteiger partial charge in [-0.05, 0) is 42.8 Å². The Morgan fingerprint density at radius 2 is 1.89 bits per heavy atom. The van der Waals surface area contributed by atoms with Crippen LogP contribution in [0.25, 0.3) is 0 Å². The zero-order valence-electron chi connectivity index (χ0n) is 15.0. The number of alkyl halides is 4. The fourth-order valence-corrected chi connectivity index (χ4v) is 3.28. The van der Waals surface area contributed by atoms with Crippen molar-refractivity contribution >= 4 is 11.7 Å². The average Bonchev–Trinajstić information content (AvgIpc) is 2.61. The number of aryl methyl sites for hydroxylation is 1. The molecule has 2 aromatic rings. The van der Waals surface area contributed by atoms with E-state index in [1.165, 1.54) is 36.2 Å². The zero-order valence-corrected chi connectivity index (χ0v) is 15.0. The number of urea groups is 1. The zero-order chi connectivity index (χ0) is 20.5. The van der Waals surface area contributed by atoms with E-state index in [-0.39, 0.29) is 42.9 Å². The van der Waals surface area contributed by atoms with E-state index in [2.05, 4.69) is 10.3 Å². The molecule has 1 N–H and O–H groups in total. The van der Waals surface area contributed by atoms with Crippen molar-refractivity contribution in [2.75, 3.05) is 18.4 Å². The first-order valence-corrected chi connectivity index (χ1v) is 8.64. The summed E-state index contributed by atoms with van der Waals surface area (Å²) in [5, 5.41) is 2.52. The van der Waals surface area contributed by atoms with Crippen LogP contribution < -0.4 is 5.32 Å². The van der Waals surface area contributed by atoms with E-state index in [4.69, 9.17) is 0 Å². The summed E-state index contributed by atoms with van der Waals surface area (Å²) >= 11 is 0. The second-order valence-corrected chi connectivity index (χ2v) is 6.74. The van der Waals surface area contributed by atoms with Crippen molar-refractivity contribution < 1.29 is 26.7 Å². The SMILES string of the molecule is Cc1cc(NC(=O)N2CCC(F)(c3ncccc3F)CC2)ccc1C(F)(F)F. The number of carbonyl (C=O) groups is 1. The van der Waals surface area contributed by atoms with E-state index in [0.29, 0.717) is 0 Å². The van der Waals surface area contributed by atoms with Gasteiger partial charge in [0, 0.05) is 37.8 Å². The summed E-state index contributed by atoms with van der Waals surface area (Å²) < 4.78 is 67.3. The predicted octanol–water partition coefficient (Wildman–Crippen LogP) is 5.04. The highest BCUT2D eigenvalue weighted by molar-refractivity contribution is 5.89. The van der Waals surface area contributed by atoms with E-state index < -0.39 is 29.3 Å². The predicted molar refractivity (Wildman–Crippen MR) is 93.0 cm³/mol. The minimum Gasteiger partial charge on any atom is -0.324 e. The second kappa shape index (κ2) is 7.37. The van der Waals surface area contributed by atoms with Crippen LogP contribution in [0.4, 0.5) is 32.4 Å². The molecule has 1 saturated heterocycles. The van der Waals surface area contributed by atoms with Crippen LogP contribution in [0, 0.1) is 12.7 Å². The second-order valence-electron chi connectivity index (χ2n) is 6.74. The Balaban J connectivity index is 1.65. The molecule has 1 fully saturated rings. The van der Waals surface area contributed by atoms with Crippen LogP contribution in [-0.4, -0.2) is 29.0 Å². The van der Waals surface area contributed by atoms with Crippen molar-refractivity contribution in [2.45, 2.75) is 31.6 Å². The van der Waals surface area contributed by atoms with Crippen LogP contribution in [0.2, 0.25) is 0 Å². The Morgan fingerprint density at radius 3 is 2.46 bits per heavy atom. The van der Waals surface area contributed by atoms with Crippen molar-refractivity contribution in [3.8, 4) is 0 Å². The number of carbonyl (C=O) groups excluding carboxylic acids is 1. The quantitative estimate of drug-likeness (QED) is 0.719. The summed E-state index contributed by atoms with van der Waals surface area (Å²) in [6.07, 6.45) is -3.41. The molecule has 2 amide bonds. The summed E-state index contributed by atoms with van der Waals surface area (Å²) in [4.78, 5) is 17.5. The molecule has 0 atom stereocenters. The van der Waals surface area contributed by atoms with Gasteiger partial charge in [-0.2, -0.15) is 13.2 Å². The number of pyridine rings is 1. The Bertz CT molecular complexity index is 876. The number of hydrogen-bond acceptors (Lipinski definition) is 2. The van der Waals surface area contributed by atoms with Crippen molar-refractivity contribution in [3.05, 3.63) is 59.2 Å². The highest BCUT2D eigenvalue weighted by Gasteiger charge is 2.40. The van der Waals surface area contributed by atoms with Gasteiger partial charge in [-0.15, -0.1) is 0 Å². The number of likely N-dealkylation sites (tertiary alicyclic amines) is 1. The molecule has 9 heteroatoms. The molecule has 0 radical (unpaired) electrons. The van der Waals surface area contributed by atoms with E-state index >= 15 is 4.39 Å². The third-order valence-corrected chi connectivity index (χ3v) is 4.81. The molecule has 28 heavy (non-hydrogen) atoms. The molecule has 2 heterocycles. The maximum absolute atomic E-state index is 15.1. The number of anilines is 1. The molecule has 1 aliphatic rings. The fraction of sp³-hybridized carbons (Fsp3) is 0.368. The summed E-state index contributed by atoms with van der Waals surface area (Å²) in [5.41, 5.74) is -2.82. The Labute approximate surface area is 158 Å². The number of benzene rings is 1. The number of nitrogens with zero attached hydrogens (tertiary/aromatic N) is 2. The molecule has 1 aromatic heterocycles. The number of nitrogens with one attached hydrogen (secondary N) is 1. The minimum absolute atomic E-state index is 0.0163. The molecule has 150 valence electrons. The highest BCUT2D eigenvalue weighted by atomic mass is 19.4. The van der Waals surface area contributed by atoms with Gasteiger partial charge in [-0.25, -0.2) is 13.6 Å². The number of rotatable bonds is 2. The first kappa shape index (κ1) is 20.0. The van der Waals surface area contributed by atoms with Crippen LogP contribution in [0.5, 0.6) is 0 Å². The maximum Gasteiger partial charge on any atom is 0.416 e. The lowest BCUT2D eigenvalue weighted by Gasteiger charge is -2.36. The third-order valence-electron chi connectivity index (χ3n) is 4.81. The van der Waals surface area contributed by atoms with Crippen molar-refractivity contribution in [2.24, 2.45) is 0 Å². The van der Waals surface area contributed by atoms with Gasteiger partial charge in [0.1, 0.15) is 11.5 Å². The Morgan fingerprint density at radius 1 is 1.21 bits per heavy atom. The Kier molecular flexibility index (Phi) is 5.27. The van der Waals surface area contributed by atoms with Crippen molar-refractivity contribution in [3.63, 3.8) is 0 Å². The summed E-state index contributed by atoms with van der Waals surface area (Å²) in [6.45, 7) is 1.36. The molecule has 1 aromatic carbocycles. The van der Waals surface area contributed by atoms with E-state index in [1.807, 2.05) is 0 Å². The number of hydrogen-bond donors (Lipinski definition) is 1. The summed E-state index contributed by atoms with van der Waals surface area (Å²) in [7, 11) is 0. The third kappa shape index (κ3) is 4.07. The van der Waals surface area contributed by atoms with E-state index in [0.717, 1.165) is 12.1 Å². The number of piperidine rings is 1. The van der Waals surface area contributed by atoms with Crippen molar-refractivity contribution in [1.29, 1.82) is 0 Å². The van der Waals surface area contributed by atoms with Crippen LogP contribution in [0.1, 0.15) is 29.7 Å². The molecule has 1 aliphatic heterocycles. The van der Waals surface area contributed by atoms with Crippen LogP contribution in [0.15, 0.2) is 36.5 Å². The normalized spacial score (nSPS) is 16.7. The molecule has 3 rings (SSSR count). The van der Waals surface area contributed by atoms with Crippen LogP contribution in [-0.2, 0) is 11.8 Å². The molecule has 0 aliphatic carbocycles. The molecule has 0 unspecified atom stereocenters. The Hall–Kier alpha value is -2.71. The number of halogens is 5. The molecule has 0 saturated carbocycles. The van der Waals surface area contributed by atoms with Gasteiger partial charge in [-0.1, -0.05) is 0 Å². The van der Waals surface area contributed by atoms with Gasteiger partial charge in [0.25, 0.3) is 0 Å². The average molecular weight is 399 g/mol. The van der Waals surface area contributed by atoms with Crippen LogP contribution >= 0.6 is 0 Å². The fourth-order valence-electron chi connectivity index (χ4n) is 3.28.